The number of carbonyl (C=O) groups is 1. The summed E-state index contributed by atoms with van der Waals surface area (Å²) >= 11 is 6.17. The van der Waals surface area contributed by atoms with Crippen LogP contribution in [0.25, 0.3) is 5.69 Å². The molecule has 0 radical (unpaired) electrons. The van der Waals surface area contributed by atoms with E-state index in [-0.39, 0.29) is 11.9 Å². The number of hydrogen-bond acceptors (Lipinski definition) is 3. The van der Waals surface area contributed by atoms with Gasteiger partial charge in [-0.3, -0.25) is 4.79 Å². The molecule has 0 aliphatic carbocycles. The molecule has 0 bridgehead atoms. The number of rotatable bonds is 2. The largest absolute Gasteiger partial charge is 0.332 e. The summed E-state index contributed by atoms with van der Waals surface area (Å²) in [6.45, 7) is 4.58. The van der Waals surface area contributed by atoms with E-state index >= 15 is 0 Å². The number of nitrogens with zero attached hydrogens (tertiary/aromatic N) is 4. The Balaban J connectivity index is 1.82. The van der Waals surface area contributed by atoms with E-state index in [2.05, 4.69) is 24.0 Å². The molecule has 1 saturated heterocycles. The van der Waals surface area contributed by atoms with Crippen LogP contribution in [0.5, 0.6) is 0 Å². The third-order valence-electron chi connectivity index (χ3n) is 4.00. The number of halogens is 1. The molecule has 1 amide bonds. The van der Waals surface area contributed by atoms with Gasteiger partial charge in [-0.1, -0.05) is 23.7 Å². The van der Waals surface area contributed by atoms with Crippen molar-refractivity contribution in [1.82, 2.24) is 19.6 Å². The molecule has 2 aromatic rings. The van der Waals surface area contributed by atoms with Crippen LogP contribution in [-0.2, 0) is 0 Å². The fraction of sp³-hybridized carbons (Fsp3) is 0.375. The Kier molecular flexibility index (Phi) is 4.18. The lowest BCUT2D eigenvalue weighted by atomic mass is 10.2. The topological polar surface area (TPSA) is 41.4 Å². The Hall–Kier alpha value is -1.85. The van der Waals surface area contributed by atoms with E-state index in [0.717, 1.165) is 25.3 Å². The molecule has 1 atom stereocenters. The first-order chi connectivity index (χ1) is 10.6. The molecule has 1 aliphatic heterocycles. The number of piperazine rings is 1. The number of amides is 1. The molecule has 1 fully saturated rings. The highest BCUT2D eigenvalue weighted by Gasteiger charge is 2.27. The van der Waals surface area contributed by atoms with Gasteiger partial charge in [0.05, 0.1) is 10.7 Å². The average Bonchev–Trinajstić information content (AvgIpc) is 2.97. The number of aromatic nitrogens is 2. The van der Waals surface area contributed by atoms with Gasteiger partial charge in [-0.15, -0.1) is 0 Å². The zero-order valence-electron chi connectivity index (χ0n) is 12.7. The lowest BCUT2D eigenvalue weighted by molar-refractivity contribution is 0.0527. The van der Waals surface area contributed by atoms with E-state index < -0.39 is 0 Å². The monoisotopic (exact) mass is 318 g/mol. The van der Waals surface area contributed by atoms with Crippen molar-refractivity contribution >= 4 is 17.5 Å². The second-order valence-corrected chi connectivity index (χ2v) is 6.11. The maximum atomic E-state index is 12.6. The van der Waals surface area contributed by atoms with Crippen molar-refractivity contribution < 1.29 is 4.79 Å². The Bertz CT molecular complexity index is 684. The van der Waals surface area contributed by atoms with Crippen LogP contribution in [0.15, 0.2) is 36.5 Å². The fourth-order valence-electron chi connectivity index (χ4n) is 2.80. The van der Waals surface area contributed by atoms with Crippen LogP contribution in [0.4, 0.5) is 0 Å². The highest BCUT2D eigenvalue weighted by atomic mass is 35.5. The second-order valence-electron chi connectivity index (χ2n) is 5.71. The van der Waals surface area contributed by atoms with Crippen molar-refractivity contribution in [2.75, 3.05) is 26.7 Å². The van der Waals surface area contributed by atoms with Gasteiger partial charge in [0, 0.05) is 31.9 Å². The van der Waals surface area contributed by atoms with E-state index in [0.29, 0.717) is 10.7 Å². The van der Waals surface area contributed by atoms with Crippen molar-refractivity contribution in [2.45, 2.75) is 13.0 Å². The Morgan fingerprint density at radius 2 is 2.05 bits per heavy atom. The summed E-state index contributed by atoms with van der Waals surface area (Å²) in [4.78, 5) is 16.8. The minimum Gasteiger partial charge on any atom is -0.332 e. The van der Waals surface area contributed by atoms with Gasteiger partial charge in [0.25, 0.3) is 5.91 Å². The quantitative estimate of drug-likeness (QED) is 0.853. The first kappa shape index (κ1) is 15.1. The normalized spacial score (nSPS) is 19.4. The maximum absolute atomic E-state index is 12.6. The highest BCUT2D eigenvalue weighted by Crippen LogP contribution is 2.20. The molecule has 2 heterocycles. The van der Waals surface area contributed by atoms with Crippen LogP contribution in [0.1, 0.15) is 17.4 Å². The number of carbonyl (C=O) groups excluding carboxylic acids is 1. The highest BCUT2D eigenvalue weighted by molar-refractivity contribution is 6.32. The number of likely N-dealkylation sites (N-methyl/N-ethyl adjacent to an activating group) is 1. The molecule has 0 N–H and O–H groups in total. The van der Waals surface area contributed by atoms with Gasteiger partial charge in [0.2, 0.25) is 0 Å². The van der Waals surface area contributed by atoms with Crippen LogP contribution >= 0.6 is 11.6 Å². The van der Waals surface area contributed by atoms with Gasteiger partial charge >= 0.3 is 0 Å². The predicted octanol–water partition coefficient (Wildman–Crippen LogP) is 2.30. The van der Waals surface area contributed by atoms with Crippen LogP contribution in [-0.4, -0.2) is 58.2 Å². The summed E-state index contributed by atoms with van der Waals surface area (Å²) in [5, 5.41) is 5.01. The van der Waals surface area contributed by atoms with Crippen molar-refractivity contribution in [3.63, 3.8) is 0 Å². The molecule has 3 rings (SSSR count). The van der Waals surface area contributed by atoms with E-state index in [9.17, 15) is 4.79 Å². The molecule has 22 heavy (non-hydrogen) atoms. The molecule has 6 heteroatoms. The van der Waals surface area contributed by atoms with Crippen molar-refractivity contribution in [3.8, 4) is 5.69 Å². The summed E-state index contributed by atoms with van der Waals surface area (Å²) < 4.78 is 1.65. The Labute approximate surface area is 135 Å². The zero-order chi connectivity index (χ0) is 15.7. The Morgan fingerprint density at radius 1 is 1.27 bits per heavy atom. The molecule has 1 aliphatic rings. The zero-order valence-corrected chi connectivity index (χ0v) is 13.5. The number of hydrogen-bond donors (Lipinski definition) is 0. The van der Waals surface area contributed by atoms with Crippen LogP contribution < -0.4 is 0 Å². The molecule has 0 spiro atoms. The summed E-state index contributed by atoms with van der Waals surface area (Å²) in [6, 6.07) is 9.39. The molecule has 116 valence electrons. The molecule has 0 saturated carbocycles. The molecule has 1 aromatic carbocycles. The minimum atomic E-state index is -0.0218. The molecule has 1 unspecified atom stereocenters. The predicted molar refractivity (Wildman–Crippen MR) is 86.6 cm³/mol. The number of benzene rings is 1. The van der Waals surface area contributed by atoms with Gasteiger partial charge in [-0.25, -0.2) is 4.68 Å². The summed E-state index contributed by atoms with van der Waals surface area (Å²) in [6.07, 6.45) is 1.77. The van der Waals surface area contributed by atoms with Crippen LogP contribution in [0, 0.1) is 0 Å². The van der Waals surface area contributed by atoms with Gasteiger partial charge in [0.1, 0.15) is 0 Å². The standard InChI is InChI=1S/C16H19ClN4O/c1-12-11-19(2)9-10-20(12)16(22)14-7-8-21(18-14)15-6-4-3-5-13(15)17/h3-8,12H,9-11H2,1-2H3. The fourth-order valence-corrected chi connectivity index (χ4v) is 3.02. The molecule has 1 aromatic heterocycles. The smallest absolute Gasteiger partial charge is 0.274 e. The van der Waals surface area contributed by atoms with Gasteiger partial charge in [-0.05, 0) is 32.2 Å². The van der Waals surface area contributed by atoms with Gasteiger partial charge in [-0.2, -0.15) is 5.10 Å². The molecule has 5 nitrogen and oxygen atoms in total. The second kappa shape index (κ2) is 6.10. The number of para-hydroxylation sites is 1. The first-order valence-electron chi connectivity index (χ1n) is 7.36. The first-order valence-corrected chi connectivity index (χ1v) is 7.74. The minimum absolute atomic E-state index is 0.0218. The van der Waals surface area contributed by atoms with E-state index in [1.54, 1.807) is 16.9 Å². The maximum Gasteiger partial charge on any atom is 0.274 e. The molecular weight excluding hydrogens is 300 g/mol. The van der Waals surface area contributed by atoms with Crippen LogP contribution in [0.2, 0.25) is 5.02 Å². The summed E-state index contributed by atoms with van der Waals surface area (Å²) in [5.41, 5.74) is 1.23. The average molecular weight is 319 g/mol. The summed E-state index contributed by atoms with van der Waals surface area (Å²) in [7, 11) is 2.07. The van der Waals surface area contributed by atoms with Crippen LogP contribution in [0.3, 0.4) is 0 Å². The van der Waals surface area contributed by atoms with E-state index in [1.165, 1.54) is 0 Å². The van der Waals surface area contributed by atoms with Crippen molar-refractivity contribution in [1.29, 1.82) is 0 Å². The lowest BCUT2D eigenvalue weighted by Gasteiger charge is -2.37. The molecular formula is C16H19ClN4O. The lowest BCUT2D eigenvalue weighted by Crippen LogP contribution is -2.52. The van der Waals surface area contributed by atoms with Gasteiger partial charge in [0.15, 0.2) is 5.69 Å². The van der Waals surface area contributed by atoms with Gasteiger partial charge < -0.3 is 9.80 Å². The Morgan fingerprint density at radius 3 is 2.77 bits per heavy atom. The summed E-state index contributed by atoms with van der Waals surface area (Å²) in [5.74, 6) is -0.0218. The third kappa shape index (κ3) is 2.87. The van der Waals surface area contributed by atoms with E-state index in [4.69, 9.17) is 11.6 Å². The van der Waals surface area contributed by atoms with Crippen molar-refractivity contribution in [3.05, 3.63) is 47.2 Å². The SMILES string of the molecule is CC1CN(C)CCN1C(=O)c1ccn(-c2ccccc2Cl)n1. The van der Waals surface area contributed by atoms with E-state index in [1.807, 2.05) is 29.2 Å². The third-order valence-corrected chi connectivity index (χ3v) is 4.32. The van der Waals surface area contributed by atoms with Crippen molar-refractivity contribution in [2.24, 2.45) is 0 Å².